The minimum Gasteiger partial charge on any atom is -0.480 e. The lowest BCUT2D eigenvalue weighted by atomic mass is 9.82. The van der Waals surface area contributed by atoms with E-state index in [1.54, 1.807) is 0 Å². The highest BCUT2D eigenvalue weighted by atomic mass is 32.2. The summed E-state index contributed by atoms with van der Waals surface area (Å²) < 4.78 is 36.2. The molecule has 0 bridgehead atoms. The Morgan fingerprint density at radius 1 is 1.12 bits per heavy atom. The third-order valence-corrected chi connectivity index (χ3v) is 7.01. The van der Waals surface area contributed by atoms with Crippen LogP contribution in [0.25, 0.3) is 22.4 Å². The van der Waals surface area contributed by atoms with Crippen LogP contribution in [0, 0.1) is 23.5 Å². The molecule has 1 aromatic heterocycles. The number of halogens is 2. The number of thioether (sulfide) groups is 1. The van der Waals surface area contributed by atoms with E-state index in [0.717, 1.165) is 49.1 Å². The summed E-state index contributed by atoms with van der Waals surface area (Å²) in [5.74, 6) is -1.16. The Labute approximate surface area is 202 Å². The van der Waals surface area contributed by atoms with Crippen molar-refractivity contribution in [3.05, 3.63) is 60.2 Å². The highest BCUT2D eigenvalue weighted by Gasteiger charge is 2.27. The largest absolute Gasteiger partial charge is 0.480 e. The predicted molar refractivity (Wildman–Crippen MR) is 129 cm³/mol. The second kappa shape index (κ2) is 11.1. The van der Waals surface area contributed by atoms with E-state index in [9.17, 15) is 13.6 Å². The summed E-state index contributed by atoms with van der Waals surface area (Å²) in [6.07, 6.45) is 5.78. The molecule has 0 radical (unpaired) electrons. The van der Waals surface area contributed by atoms with Crippen molar-refractivity contribution >= 4 is 17.7 Å². The summed E-state index contributed by atoms with van der Waals surface area (Å²) in [5, 5.41) is 14.2. The molecule has 8 heteroatoms. The van der Waals surface area contributed by atoms with Gasteiger partial charge < -0.3 is 9.84 Å². The lowest BCUT2D eigenvalue weighted by Gasteiger charge is -2.28. The molecule has 1 heterocycles. The Morgan fingerprint density at radius 2 is 1.82 bits per heavy atom. The maximum absolute atomic E-state index is 14.9. The first kappa shape index (κ1) is 24.4. The summed E-state index contributed by atoms with van der Waals surface area (Å²) in [6, 6.07) is 13.3. The summed E-state index contributed by atoms with van der Waals surface area (Å²) in [7, 11) is 0. The predicted octanol–water partition coefficient (Wildman–Crippen LogP) is 6.12. The maximum Gasteiger partial charge on any atom is 0.329 e. The molecule has 0 aliphatic heterocycles. The summed E-state index contributed by atoms with van der Waals surface area (Å²) in [6.45, 7) is 0.887. The van der Waals surface area contributed by atoms with Gasteiger partial charge in [-0.25, -0.2) is 13.6 Å². The van der Waals surface area contributed by atoms with E-state index in [0.29, 0.717) is 35.6 Å². The van der Waals surface area contributed by atoms with Crippen LogP contribution in [-0.2, 0) is 16.1 Å². The molecule has 4 rings (SSSR count). The molecule has 1 aliphatic carbocycles. The van der Waals surface area contributed by atoms with Crippen molar-refractivity contribution in [2.45, 2.75) is 37.3 Å². The number of aromatic nitrogens is 2. The van der Waals surface area contributed by atoms with Gasteiger partial charge in [-0.15, -0.1) is 11.8 Å². The Hall–Kier alpha value is -2.71. The first-order valence-electron chi connectivity index (χ1n) is 11.4. The molecular formula is C26H28F2N2O3S. The molecule has 34 heavy (non-hydrogen) atoms. The molecule has 1 N–H and O–H groups in total. The van der Waals surface area contributed by atoms with E-state index in [1.807, 2.05) is 41.3 Å². The molecule has 0 unspecified atom stereocenters. The van der Waals surface area contributed by atoms with Crippen LogP contribution < -0.4 is 0 Å². The number of nitrogens with zero attached hydrogens (tertiary/aromatic N) is 2. The van der Waals surface area contributed by atoms with E-state index in [1.165, 1.54) is 17.8 Å². The van der Waals surface area contributed by atoms with E-state index in [-0.39, 0.29) is 12.2 Å². The average molecular weight is 487 g/mol. The molecule has 3 aromatic rings. The van der Waals surface area contributed by atoms with Gasteiger partial charge in [0.25, 0.3) is 0 Å². The Bertz CT molecular complexity index is 1130. The number of carboxylic acids is 1. The summed E-state index contributed by atoms with van der Waals surface area (Å²) in [4.78, 5) is 10.7. The zero-order valence-corrected chi connectivity index (χ0v) is 19.9. The molecule has 0 spiro atoms. The first-order valence-corrected chi connectivity index (χ1v) is 12.6. The monoisotopic (exact) mass is 486 g/mol. The van der Waals surface area contributed by atoms with Gasteiger partial charge in [0.15, 0.2) is 0 Å². The fourth-order valence-electron chi connectivity index (χ4n) is 4.67. The van der Waals surface area contributed by atoms with Gasteiger partial charge in [-0.1, -0.05) is 30.3 Å². The van der Waals surface area contributed by atoms with Gasteiger partial charge in [-0.3, -0.25) is 4.68 Å². The number of carboxylic acid groups (broad SMARTS) is 1. The van der Waals surface area contributed by atoms with Crippen LogP contribution in [-0.4, -0.2) is 40.3 Å². The second-order valence-electron chi connectivity index (χ2n) is 8.70. The smallest absolute Gasteiger partial charge is 0.329 e. The highest BCUT2D eigenvalue weighted by Crippen LogP contribution is 2.41. The number of carbonyl (C=O) groups is 1. The standard InChI is InChI=1S/C26H28F2N2O3S/c1-34-26-24(21-13-20(27)11-12-22(21)28)25(19-5-3-2-4-6-19)30(29-26)14-17-7-9-18(10-8-17)15-33-16-23(31)32/h2-6,11-13,17-18H,7-10,14-16H2,1H3,(H,31,32)/t17-,18+. The van der Waals surface area contributed by atoms with Gasteiger partial charge in [0.2, 0.25) is 0 Å². The lowest BCUT2D eigenvalue weighted by Crippen LogP contribution is -2.23. The van der Waals surface area contributed by atoms with Crippen LogP contribution in [0.4, 0.5) is 8.78 Å². The molecule has 1 saturated carbocycles. The minimum atomic E-state index is -0.948. The van der Waals surface area contributed by atoms with Gasteiger partial charge in [-0.05, 0) is 62.0 Å². The molecule has 180 valence electrons. The SMILES string of the molecule is CSc1nn(C[C@H]2CC[C@@H](COCC(=O)O)CC2)c(-c2ccccc2)c1-c1cc(F)ccc1F. The number of hydrogen-bond acceptors (Lipinski definition) is 4. The number of aliphatic carboxylic acids is 1. The van der Waals surface area contributed by atoms with Gasteiger partial charge >= 0.3 is 5.97 Å². The van der Waals surface area contributed by atoms with Crippen molar-refractivity contribution in [1.29, 1.82) is 0 Å². The molecule has 0 amide bonds. The van der Waals surface area contributed by atoms with Crippen LogP contribution in [0.3, 0.4) is 0 Å². The van der Waals surface area contributed by atoms with E-state index in [4.69, 9.17) is 14.9 Å². The molecule has 2 aromatic carbocycles. The van der Waals surface area contributed by atoms with Crippen molar-refractivity contribution in [2.24, 2.45) is 11.8 Å². The van der Waals surface area contributed by atoms with Crippen LogP contribution in [0.5, 0.6) is 0 Å². The van der Waals surface area contributed by atoms with Gasteiger partial charge in [0.05, 0.1) is 12.3 Å². The highest BCUT2D eigenvalue weighted by molar-refractivity contribution is 7.98. The van der Waals surface area contributed by atoms with Gasteiger partial charge in [0.1, 0.15) is 23.3 Å². The maximum atomic E-state index is 14.9. The van der Waals surface area contributed by atoms with Crippen LogP contribution in [0.1, 0.15) is 25.7 Å². The first-order chi connectivity index (χ1) is 16.5. The Kier molecular flexibility index (Phi) is 8.00. The van der Waals surface area contributed by atoms with Crippen molar-refractivity contribution in [3.63, 3.8) is 0 Å². The fraction of sp³-hybridized carbons (Fsp3) is 0.385. The molecule has 5 nitrogen and oxygen atoms in total. The van der Waals surface area contributed by atoms with E-state index < -0.39 is 17.6 Å². The second-order valence-corrected chi connectivity index (χ2v) is 9.50. The number of rotatable bonds is 9. The summed E-state index contributed by atoms with van der Waals surface area (Å²) >= 11 is 1.42. The molecule has 0 saturated heterocycles. The van der Waals surface area contributed by atoms with Crippen LogP contribution in [0.2, 0.25) is 0 Å². The van der Waals surface area contributed by atoms with Crippen molar-refractivity contribution in [3.8, 4) is 22.4 Å². The molecular weight excluding hydrogens is 458 g/mol. The summed E-state index contributed by atoms with van der Waals surface area (Å²) in [5.41, 5.74) is 2.53. The van der Waals surface area contributed by atoms with Crippen molar-refractivity contribution in [1.82, 2.24) is 9.78 Å². The number of benzene rings is 2. The Balaban J connectivity index is 1.62. The Morgan fingerprint density at radius 3 is 2.50 bits per heavy atom. The number of hydrogen-bond donors (Lipinski definition) is 1. The van der Waals surface area contributed by atoms with Crippen molar-refractivity contribution < 1.29 is 23.4 Å². The third kappa shape index (κ3) is 5.67. The zero-order valence-electron chi connectivity index (χ0n) is 19.0. The topological polar surface area (TPSA) is 64.4 Å². The van der Waals surface area contributed by atoms with Crippen molar-refractivity contribution in [2.75, 3.05) is 19.5 Å². The third-order valence-electron chi connectivity index (χ3n) is 6.34. The molecule has 1 aliphatic rings. The van der Waals surface area contributed by atoms with Gasteiger partial charge in [0, 0.05) is 23.2 Å². The van der Waals surface area contributed by atoms with E-state index >= 15 is 0 Å². The number of ether oxygens (including phenoxy) is 1. The van der Waals surface area contributed by atoms with E-state index in [2.05, 4.69) is 0 Å². The normalized spacial score (nSPS) is 18.2. The molecule has 1 fully saturated rings. The van der Waals surface area contributed by atoms with Crippen LogP contribution >= 0.6 is 11.8 Å². The van der Waals surface area contributed by atoms with Crippen LogP contribution in [0.15, 0.2) is 53.6 Å². The molecule has 0 atom stereocenters. The quantitative estimate of drug-likeness (QED) is 0.369. The average Bonchev–Trinajstić information content (AvgIpc) is 3.20. The van der Waals surface area contributed by atoms with Gasteiger partial charge in [-0.2, -0.15) is 5.10 Å². The fourth-order valence-corrected chi connectivity index (χ4v) is 5.27. The lowest BCUT2D eigenvalue weighted by molar-refractivity contribution is -0.142. The minimum absolute atomic E-state index is 0.216. The zero-order chi connectivity index (χ0) is 24.1.